The van der Waals surface area contributed by atoms with Crippen molar-refractivity contribution in [2.75, 3.05) is 26.2 Å². The Balaban J connectivity index is 1.24. The molecule has 6 nitrogen and oxygen atoms in total. The Morgan fingerprint density at radius 2 is 1.81 bits per heavy atom. The van der Waals surface area contributed by atoms with E-state index in [1.807, 2.05) is 23.1 Å². The fraction of sp³-hybridized carbons (Fsp3) is 0.400. The van der Waals surface area contributed by atoms with Gasteiger partial charge in [-0.1, -0.05) is 24.3 Å². The van der Waals surface area contributed by atoms with Gasteiger partial charge < -0.3 is 20.3 Å². The van der Waals surface area contributed by atoms with Crippen LogP contribution >= 0.6 is 0 Å². The van der Waals surface area contributed by atoms with Crippen molar-refractivity contribution in [1.82, 2.24) is 9.80 Å². The fourth-order valence-corrected chi connectivity index (χ4v) is 4.76. The van der Waals surface area contributed by atoms with Crippen LogP contribution in [0.4, 0.5) is 9.18 Å². The Bertz CT molecular complexity index is 955. The minimum absolute atomic E-state index is 0.210. The number of carbonyl (C=O) groups is 2. The molecule has 2 aliphatic rings. The number of ether oxygens (including phenoxy) is 1. The zero-order valence-corrected chi connectivity index (χ0v) is 18.1. The summed E-state index contributed by atoms with van der Waals surface area (Å²) in [6.07, 6.45) is 4.76. The Labute approximate surface area is 188 Å². The number of hydrogen-bond donors (Lipinski definition) is 1. The predicted octanol–water partition coefficient (Wildman–Crippen LogP) is 3.74. The molecule has 0 aliphatic carbocycles. The first-order valence-corrected chi connectivity index (χ1v) is 11.1. The number of amides is 2. The van der Waals surface area contributed by atoms with Gasteiger partial charge in [0, 0.05) is 13.1 Å². The topological polar surface area (TPSA) is 75.9 Å². The molecule has 0 bridgehead atoms. The number of primary amides is 1. The lowest BCUT2D eigenvalue weighted by atomic mass is 9.77. The molecule has 2 heterocycles. The number of piperidine rings is 1. The van der Waals surface area contributed by atoms with Crippen LogP contribution in [0.2, 0.25) is 0 Å². The standard InChI is InChI=1S/C25H29FN3O3/c26-21-5-1-3-19(17-21)4-2-13-28-14-10-25(11-15-28)12-16-29(23(25)30)18-20-6-8-22(9-7-20)32-24(27)31/h1,3-9,17H,2,10-16,18H2,(H2,27,31). The Morgan fingerprint density at radius 1 is 1.09 bits per heavy atom. The number of halogens is 1. The third kappa shape index (κ3) is 5.27. The van der Waals surface area contributed by atoms with E-state index in [1.165, 1.54) is 6.07 Å². The molecule has 2 saturated heterocycles. The Kier molecular flexibility index (Phi) is 6.74. The zero-order valence-electron chi connectivity index (χ0n) is 18.1. The van der Waals surface area contributed by atoms with E-state index in [0.29, 0.717) is 12.3 Å². The van der Waals surface area contributed by atoms with Gasteiger partial charge in [-0.25, -0.2) is 9.18 Å². The molecule has 32 heavy (non-hydrogen) atoms. The summed E-state index contributed by atoms with van der Waals surface area (Å²) in [5, 5.41) is 0. The van der Waals surface area contributed by atoms with Crippen molar-refractivity contribution in [3.05, 3.63) is 71.9 Å². The van der Waals surface area contributed by atoms with Crippen molar-refractivity contribution >= 4 is 12.0 Å². The molecular formula is C25H29FN3O3. The van der Waals surface area contributed by atoms with Crippen molar-refractivity contribution in [3.63, 3.8) is 0 Å². The van der Waals surface area contributed by atoms with E-state index in [2.05, 4.69) is 11.3 Å². The molecule has 2 aromatic rings. The monoisotopic (exact) mass is 438 g/mol. The summed E-state index contributed by atoms with van der Waals surface area (Å²) < 4.78 is 18.2. The molecule has 0 aromatic heterocycles. The van der Waals surface area contributed by atoms with Crippen molar-refractivity contribution in [2.45, 2.75) is 32.2 Å². The molecule has 0 unspecified atom stereocenters. The number of carbonyl (C=O) groups excluding carboxylic acids is 2. The van der Waals surface area contributed by atoms with E-state index >= 15 is 0 Å². The molecule has 2 aromatic carbocycles. The van der Waals surface area contributed by atoms with Crippen molar-refractivity contribution in [1.29, 1.82) is 0 Å². The average molecular weight is 439 g/mol. The number of nitrogens with zero attached hydrogens (tertiary/aromatic N) is 2. The van der Waals surface area contributed by atoms with E-state index in [1.54, 1.807) is 24.3 Å². The summed E-state index contributed by atoms with van der Waals surface area (Å²) in [4.78, 5) is 28.4. The second kappa shape index (κ2) is 9.69. The summed E-state index contributed by atoms with van der Waals surface area (Å²) >= 11 is 0. The minimum Gasteiger partial charge on any atom is -0.411 e. The van der Waals surface area contributed by atoms with E-state index < -0.39 is 6.09 Å². The number of nitrogens with two attached hydrogens (primary N) is 1. The molecule has 0 atom stereocenters. The zero-order chi connectivity index (χ0) is 22.6. The highest BCUT2D eigenvalue weighted by Crippen LogP contribution is 2.42. The summed E-state index contributed by atoms with van der Waals surface area (Å²) in [5.74, 6) is 0.436. The Morgan fingerprint density at radius 3 is 2.50 bits per heavy atom. The summed E-state index contributed by atoms with van der Waals surface area (Å²) in [7, 11) is 0. The van der Waals surface area contributed by atoms with Crippen LogP contribution in [0.1, 0.15) is 36.8 Å². The third-order valence-electron chi connectivity index (χ3n) is 6.60. The number of hydrogen-bond acceptors (Lipinski definition) is 4. The van der Waals surface area contributed by atoms with Crippen LogP contribution in [0.15, 0.2) is 48.5 Å². The van der Waals surface area contributed by atoms with Gasteiger partial charge >= 0.3 is 6.09 Å². The van der Waals surface area contributed by atoms with Gasteiger partial charge in [-0.2, -0.15) is 0 Å². The highest BCUT2D eigenvalue weighted by atomic mass is 19.1. The maximum absolute atomic E-state index is 13.3. The predicted molar refractivity (Wildman–Crippen MR) is 119 cm³/mol. The van der Waals surface area contributed by atoms with Gasteiger partial charge in [0.25, 0.3) is 0 Å². The van der Waals surface area contributed by atoms with Crippen LogP contribution < -0.4 is 10.5 Å². The van der Waals surface area contributed by atoms with Gasteiger partial charge in [-0.05, 0) is 87.1 Å². The van der Waals surface area contributed by atoms with Crippen molar-refractivity contribution in [3.8, 4) is 5.75 Å². The van der Waals surface area contributed by atoms with Gasteiger partial charge in [-0.3, -0.25) is 4.79 Å². The largest absolute Gasteiger partial charge is 0.411 e. The van der Waals surface area contributed by atoms with Crippen LogP contribution in [0.3, 0.4) is 0 Å². The smallest absolute Gasteiger partial charge is 0.409 e. The number of benzene rings is 2. The fourth-order valence-electron chi connectivity index (χ4n) is 4.76. The second-order valence-electron chi connectivity index (χ2n) is 8.71. The third-order valence-corrected chi connectivity index (χ3v) is 6.60. The normalized spacial score (nSPS) is 18.3. The first-order chi connectivity index (χ1) is 15.4. The molecule has 2 N–H and O–H groups in total. The van der Waals surface area contributed by atoms with E-state index in [4.69, 9.17) is 10.5 Å². The molecular weight excluding hydrogens is 409 g/mol. The van der Waals surface area contributed by atoms with Gasteiger partial charge in [0.2, 0.25) is 5.91 Å². The number of likely N-dealkylation sites (tertiary alicyclic amines) is 2. The average Bonchev–Trinajstić information content (AvgIpc) is 3.06. The molecule has 1 radical (unpaired) electrons. The molecule has 0 saturated carbocycles. The van der Waals surface area contributed by atoms with Crippen LogP contribution in [0, 0.1) is 17.7 Å². The highest BCUT2D eigenvalue weighted by molar-refractivity contribution is 5.85. The second-order valence-corrected chi connectivity index (χ2v) is 8.71. The molecule has 2 fully saturated rings. The van der Waals surface area contributed by atoms with Crippen LogP contribution in [0.5, 0.6) is 5.75 Å². The molecule has 2 aliphatic heterocycles. The van der Waals surface area contributed by atoms with Gasteiger partial charge in [-0.15, -0.1) is 0 Å². The SMILES string of the molecule is NC(=O)Oc1ccc(CN2CCC3(CCN(CC[CH]c4cccc(F)c4)CC3)C2=O)cc1. The lowest BCUT2D eigenvalue weighted by Crippen LogP contribution is -2.44. The van der Waals surface area contributed by atoms with E-state index in [0.717, 1.165) is 63.0 Å². The maximum atomic E-state index is 13.3. The maximum Gasteiger partial charge on any atom is 0.409 e. The molecule has 2 amide bonds. The van der Waals surface area contributed by atoms with Crippen LogP contribution in [0.25, 0.3) is 0 Å². The van der Waals surface area contributed by atoms with Crippen LogP contribution in [-0.4, -0.2) is 48.0 Å². The summed E-state index contributed by atoms with van der Waals surface area (Å²) in [6.45, 7) is 4.07. The van der Waals surface area contributed by atoms with Crippen molar-refractivity contribution < 1.29 is 18.7 Å². The summed E-state index contributed by atoms with van der Waals surface area (Å²) in [6, 6.07) is 13.7. The van der Waals surface area contributed by atoms with Gasteiger partial charge in [0.05, 0.1) is 5.41 Å². The van der Waals surface area contributed by atoms with Crippen LogP contribution in [-0.2, 0) is 11.3 Å². The van der Waals surface area contributed by atoms with Gasteiger partial charge in [0.1, 0.15) is 11.6 Å². The minimum atomic E-state index is -0.840. The first kappa shape index (κ1) is 22.3. The number of rotatable bonds is 7. The first-order valence-electron chi connectivity index (χ1n) is 11.1. The summed E-state index contributed by atoms with van der Waals surface area (Å²) in [5.41, 5.74) is 6.70. The lowest BCUT2D eigenvalue weighted by Gasteiger charge is -2.38. The van der Waals surface area contributed by atoms with Gasteiger partial charge in [0.15, 0.2) is 0 Å². The molecule has 4 rings (SSSR count). The van der Waals surface area contributed by atoms with E-state index in [9.17, 15) is 14.0 Å². The lowest BCUT2D eigenvalue weighted by molar-refractivity contribution is -0.138. The molecule has 7 heteroatoms. The van der Waals surface area contributed by atoms with Crippen molar-refractivity contribution in [2.24, 2.45) is 11.1 Å². The molecule has 169 valence electrons. The quantitative estimate of drug-likeness (QED) is 0.715. The molecule has 1 spiro atoms. The Hall–Kier alpha value is -2.93. The highest BCUT2D eigenvalue weighted by Gasteiger charge is 2.47. The van der Waals surface area contributed by atoms with E-state index in [-0.39, 0.29) is 17.1 Å².